The molecule has 0 bridgehead atoms. The van der Waals surface area contributed by atoms with Crippen LogP contribution in [-0.2, 0) is 11.3 Å². The van der Waals surface area contributed by atoms with Crippen LogP contribution < -0.4 is 4.74 Å². The Morgan fingerprint density at radius 2 is 2.26 bits per heavy atom. The first kappa shape index (κ1) is 12.4. The molecule has 6 heteroatoms. The Labute approximate surface area is 115 Å². The van der Waals surface area contributed by atoms with Crippen molar-refractivity contribution in [1.82, 2.24) is 10.1 Å². The van der Waals surface area contributed by atoms with Crippen LogP contribution in [0.3, 0.4) is 0 Å². The molecule has 1 saturated heterocycles. The van der Waals surface area contributed by atoms with E-state index in [1.165, 1.54) is 0 Å². The molecule has 0 N–H and O–H groups in total. The number of aromatic nitrogens is 2. The van der Waals surface area contributed by atoms with Crippen LogP contribution in [0.1, 0.15) is 24.1 Å². The highest BCUT2D eigenvalue weighted by Crippen LogP contribution is 2.25. The van der Waals surface area contributed by atoms with Gasteiger partial charge in [0.25, 0.3) is 5.89 Å². The molecule has 0 aliphatic carbocycles. The highest BCUT2D eigenvalue weighted by atomic mass is 35.5. The Hall–Kier alpha value is -1.59. The smallest absolute Gasteiger partial charge is 0.264 e. The second-order valence-corrected chi connectivity index (χ2v) is 4.73. The lowest BCUT2D eigenvalue weighted by atomic mass is 10.1. The van der Waals surface area contributed by atoms with Crippen LogP contribution in [0.5, 0.6) is 5.75 Å². The molecular weight excluding hydrogens is 268 g/mol. The maximum Gasteiger partial charge on any atom is 0.264 e. The van der Waals surface area contributed by atoms with Gasteiger partial charge in [-0.3, -0.25) is 0 Å². The fourth-order valence-electron chi connectivity index (χ4n) is 1.93. The summed E-state index contributed by atoms with van der Waals surface area (Å²) in [6.07, 6.45) is 0.935. The highest BCUT2D eigenvalue weighted by Gasteiger charge is 2.23. The summed E-state index contributed by atoms with van der Waals surface area (Å²) >= 11 is 5.99. The van der Waals surface area contributed by atoms with Gasteiger partial charge in [-0.2, -0.15) is 4.98 Å². The van der Waals surface area contributed by atoms with Gasteiger partial charge in [0.1, 0.15) is 5.75 Å². The van der Waals surface area contributed by atoms with Crippen molar-refractivity contribution in [2.45, 2.75) is 18.9 Å². The second kappa shape index (κ2) is 5.59. The van der Waals surface area contributed by atoms with Crippen LogP contribution >= 0.6 is 11.6 Å². The third-order valence-electron chi connectivity index (χ3n) is 2.97. The number of hydrogen-bond donors (Lipinski definition) is 0. The predicted octanol–water partition coefficient (Wildman–Crippen LogP) is 2.81. The van der Waals surface area contributed by atoms with Gasteiger partial charge in [-0.25, -0.2) is 0 Å². The van der Waals surface area contributed by atoms with E-state index in [-0.39, 0.29) is 12.5 Å². The molecule has 0 radical (unpaired) electrons. The van der Waals surface area contributed by atoms with Gasteiger partial charge in [0, 0.05) is 12.5 Å². The average Bonchev–Trinajstić information content (AvgIpc) is 3.09. The van der Waals surface area contributed by atoms with E-state index < -0.39 is 0 Å². The van der Waals surface area contributed by atoms with Crippen LogP contribution in [0.4, 0.5) is 0 Å². The van der Waals surface area contributed by atoms with Crippen molar-refractivity contribution in [1.29, 1.82) is 0 Å². The fraction of sp³-hybridized carbons (Fsp3) is 0.385. The van der Waals surface area contributed by atoms with E-state index >= 15 is 0 Å². The van der Waals surface area contributed by atoms with E-state index in [0.717, 1.165) is 13.0 Å². The molecule has 1 aliphatic heterocycles. The van der Waals surface area contributed by atoms with Gasteiger partial charge in [0.2, 0.25) is 0 Å². The molecule has 100 valence electrons. The summed E-state index contributed by atoms with van der Waals surface area (Å²) < 4.78 is 16.0. The molecule has 3 rings (SSSR count). The standard InChI is InChI=1S/C13H13ClN2O3/c14-10-3-1-2-4-11(10)18-8-12-15-13(16-19-12)9-5-6-17-7-9/h1-4,9H,5-8H2. The Kier molecular flexibility index (Phi) is 3.66. The molecule has 1 aliphatic rings. The van der Waals surface area contributed by atoms with Crippen molar-refractivity contribution in [3.8, 4) is 5.75 Å². The number of nitrogens with zero attached hydrogens (tertiary/aromatic N) is 2. The van der Waals surface area contributed by atoms with Crippen molar-refractivity contribution < 1.29 is 14.0 Å². The number of benzene rings is 1. The minimum absolute atomic E-state index is 0.213. The predicted molar refractivity (Wildman–Crippen MR) is 68.3 cm³/mol. The summed E-state index contributed by atoms with van der Waals surface area (Å²) in [5, 5.41) is 4.52. The van der Waals surface area contributed by atoms with Crippen molar-refractivity contribution in [3.05, 3.63) is 41.0 Å². The van der Waals surface area contributed by atoms with Crippen LogP contribution in [0.15, 0.2) is 28.8 Å². The van der Waals surface area contributed by atoms with Crippen molar-refractivity contribution in [2.24, 2.45) is 0 Å². The molecule has 0 saturated carbocycles. The summed E-state index contributed by atoms with van der Waals surface area (Å²) in [4.78, 5) is 4.31. The second-order valence-electron chi connectivity index (χ2n) is 4.33. The Bertz CT molecular complexity index is 552. The summed E-state index contributed by atoms with van der Waals surface area (Å²) in [7, 11) is 0. The summed E-state index contributed by atoms with van der Waals surface area (Å²) in [5.74, 6) is 1.98. The molecule has 19 heavy (non-hydrogen) atoms. The Morgan fingerprint density at radius 1 is 1.37 bits per heavy atom. The Morgan fingerprint density at radius 3 is 3.05 bits per heavy atom. The van der Waals surface area contributed by atoms with E-state index in [2.05, 4.69) is 10.1 Å². The van der Waals surface area contributed by atoms with E-state index in [1.807, 2.05) is 12.1 Å². The maximum absolute atomic E-state index is 5.99. The van der Waals surface area contributed by atoms with Gasteiger partial charge in [-0.1, -0.05) is 28.9 Å². The zero-order valence-corrected chi connectivity index (χ0v) is 11.0. The molecule has 2 aromatic rings. The van der Waals surface area contributed by atoms with E-state index in [1.54, 1.807) is 12.1 Å². The molecule has 1 fully saturated rings. The number of ether oxygens (including phenoxy) is 2. The lowest BCUT2D eigenvalue weighted by molar-refractivity contribution is 0.192. The van der Waals surface area contributed by atoms with Gasteiger partial charge in [-0.05, 0) is 18.6 Å². The first-order chi connectivity index (χ1) is 9.33. The van der Waals surface area contributed by atoms with Crippen LogP contribution in [0, 0.1) is 0 Å². The lowest BCUT2D eigenvalue weighted by Crippen LogP contribution is -2.01. The average molecular weight is 281 g/mol. The summed E-state index contributed by atoms with van der Waals surface area (Å²) in [6, 6.07) is 7.27. The zero-order chi connectivity index (χ0) is 13.1. The number of halogens is 1. The Balaban J connectivity index is 1.63. The van der Waals surface area contributed by atoms with Gasteiger partial charge < -0.3 is 14.0 Å². The lowest BCUT2D eigenvalue weighted by Gasteiger charge is -2.04. The van der Waals surface area contributed by atoms with E-state index in [9.17, 15) is 0 Å². The highest BCUT2D eigenvalue weighted by molar-refractivity contribution is 6.32. The normalized spacial score (nSPS) is 18.7. The molecule has 0 spiro atoms. The summed E-state index contributed by atoms with van der Waals surface area (Å²) in [5.41, 5.74) is 0. The topological polar surface area (TPSA) is 57.4 Å². The molecule has 1 atom stereocenters. The third-order valence-corrected chi connectivity index (χ3v) is 3.28. The first-order valence-corrected chi connectivity index (χ1v) is 6.48. The molecule has 1 unspecified atom stereocenters. The number of hydrogen-bond acceptors (Lipinski definition) is 5. The van der Waals surface area contributed by atoms with E-state index in [0.29, 0.717) is 29.1 Å². The van der Waals surface area contributed by atoms with Crippen molar-refractivity contribution in [3.63, 3.8) is 0 Å². The van der Waals surface area contributed by atoms with Gasteiger partial charge >= 0.3 is 0 Å². The summed E-state index contributed by atoms with van der Waals surface area (Å²) in [6.45, 7) is 1.62. The largest absolute Gasteiger partial charge is 0.482 e. The number of rotatable bonds is 4. The monoisotopic (exact) mass is 280 g/mol. The minimum Gasteiger partial charge on any atom is -0.482 e. The van der Waals surface area contributed by atoms with Gasteiger partial charge in [-0.15, -0.1) is 0 Å². The van der Waals surface area contributed by atoms with E-state index in [4.69, 9.17) is 25.6 Å². The van der Waals surface area contributed by atoms with Crippen LogP contribution in [0.25, 0.3) is 0 Å². The molecule has 1 aromatic heterocycles. The van der Waals surface area contributed by atoms with Crippen molar-refractivity contribution in [2.75, 3.05) is 13.2 Å². The van der Waals surface area contributed by atoms with Crippen LogP contribution in [0.2, 0.25) is 5.02 Å². The first-order valence-electron chi connectivity index (χ1n) is 6.10. The molecule has 2 heterocycles. The number of para-hydroxylation sites is 1. The minimum atomic E-state index is 0.213. The molecular formula is C13H13ClN2O3. The van der Waals surface area contributed by atoms with Gasteiger partial charge in [0.05, 0.1) is 11.6 Å². The molecule has 0 amide bonds. The maximum atomic E-state index is 5.99. The van der Waals surface area contributed by atoms with Crippen molar-refractivity contribution >= 4 is 11.6 Å². The SMILES string of the molecule is Clc1ccccc1OCc1nc(C2CCOC2)no1. The molecule has 5 nitrogen and oxygen atoms in total. The van der Waals surface area contributed by atoms with Crippen LogP contribution in [-0.4, -0.2) is 23.4 Å². The quantitative estimate of drug-likeness (QED) is 0.862. The van der Waals surface area contributed by atoms with Gasteiger partial charge in [0.15, 0.2) is 12.4 Å². The third kappa shape index (κ3) is 2.88. The molecule has 1 aromatic carbocycles. The fourth-order valence-corrected chi connectivity index (χ4v) is 2.12. The zero-order valence-electron chi connectivity index (χ0n) is 10.2.